The number of H-pyrrole nitrogens is 1. The molecular formula is C25H26N4O3S. The van der Waals surface area contributed by atoms with Crippen LogP contribution in [0.15, 0.2) is 71.6 Å². The van der Waals surface area contributed by atoms with Gasteiger partial charge in [0.1, 0.15) is 5.82 Å². The van der Waals surface area contributed by atoms with Gasteiger partial charge >= 0.3 is 0 Å². The van der Waals surface area contributed by atoms with Gasteiger partial charge in [-0.25, -0.2) is 13.4 Å². The molecule has 0 radical (unpaired) electrons. The van der Waals surface area contributed by atoms with E-state index in [9.17, 15) is 13.2 Å². The van der Waals surface area contributed by atoms with E-state index in [1.807, 2.05) is 38.1 Å². The van der Waals surface area contributed by atoms with Gasteiger partial charge < -0.3 is 10.3 Å². The quantitative estimate of drug-likeness (QED) is 0.339. The van der Waals surface area contributed by atoms with Gasteiger partial charge in [0.05, 0.1) is 15.9 Å². The molecule has 8 heteroatoms. The third kappa shape index (κ3) is 5.40. The molecule has 0 atom stereocenters. The van der Waals surface area contributed by atoms with Gasteiger partial charge in [0.2, 0.25) is 0 Å². The standard InChI is InChI=1S/C25H26N4O3S/c1-17-9-14-21(16-18(17)2)33(31,32)29-20-12-10-19(11-13-20)25(30)26-15-5-8-24-27-22-6-3-4-7-23(22)28-24/h3-4,6-7,9-14,16,29H,5,8,15H2,1-2H3,(H,26,30)(H,27,28). The molecule has 1 heterocycles. The molecule has 33 heavy (non-hydrogen) atoms. The summed E-state index contributed by atoms with van der Waals surface area (Å²) < 4.78 is 27.8. The predicted octanol–water partition coefficient (Wildman–Crippen LogP) is 4.34. The van der Waals surface area contributed by atoms with Crippen molar-refractivity contribution in [3.63, 3.8) is 0 Å². The van der Waals surface area contributed by atoms with Gasteiger partial charge in [-0.1, -0.05) is 18.2 Å². The topological polar surface area (TPSA) is 104 Å². The second-order valence-corrected chi connectivity index (χ2v) is 9.67. The second kappa shape index (κ2) is 9.46. The van der Waals surface area contributed by atoms with Crippen molar-refractivity contribution >= 4 is 32.7 Å². The zero-order valence-electron chi connectivity index (χ0n) is 18.6. The maximum absolute atomic E-state index is 12.6. The Morgan fingerprint density at radius 3 is 2.45 bits per heavy atom. The van der Waals surface area contributed by atoms with Gasteiger partial charge in [-0.05, 0) is 79.9 Å². The van der Waals surface area contributed by atoms with Crippen LogP contribution in [0, 0.1) is 13.8 Å². The normalized spacial score (nSPS) is 11.5. The summed E-state index contributed by atoms with van der Waals surface area (Å²) in [5, 5.41) is 2.89. The number of aromatic nitrogens is 2. The van der Waals surface area contributed by atoms with Crippen molar-refractivity contribution in [2.75, 3.05) is 11.3 Å². The van der Waals surface area contributed by atoms with E-state index in [-0.39, 0.29) is 10.8 Å². The van der Waals surface area contributed by atoms with Crippen LogP contribution in [-0.2, 0) is 16.4 Å². The van der Waals surface area contributed by atoms with Gasteiger partial charge in [-0.3, -0.25) is 9.52 Å². The van der Waals surface area contributed by atoms with Crippen LogP contribution >= 0.6 is 0 Å². The third-order valence-electron chi connectivity index (χ3n) is 5.50. The molecule has 0 spiro atoms. The molecule has 4 aromatic rings. The van der Waals surface area contributed by atoms with Crippen LogP contribution in [-0.4, -0.2) is 30.8 Å². The van der Waals surface area contributed by atoms with Crippen LogP contribution in [0.1, 0.15) is 33.7 Å². The fraction of sp³-hybridized carbons (Fsp3) is 0.200. The molecule has 1 aromatic heterocycles. The Morgan fingerprint density at radius 1 is 0.970 bits per heavy atom. The number of benzene rings is 3. The molecule has 3 aromatic carbocycles. The molecule has 0 unspecified atom stereocenters. The Kier molecular flexibility index (Phi) is 6.46. The average molecular weight is 463 g/mol. The lowest BCUT2D eigenvalue weighted by atomic mass is 10.1. The van der Waals surface area contributed by atoms with Crippen LogP contribution < -0.4 is 10.0 Å². The molecule has 1 amide bonds. The summed E-state index contributed by atoms with van der Waals surface area (Å²) in [6.45, 7) is 4.32. The summed E-state index contributed by atoms with van der Waals surface area (Å²) in [5.74, 6) is 0.689. The summed E-state index contributed by atoms with van der Waals surface area (Å²) >= 11 is 0. The smallest absolute Gasteiger partial charge is 0.261 e. The average Bonchev–Trinajstić information content (AvgIpc) is 3.21. The fourth-order valence-corrected chi connectivity index (χ4v) is 4.61. The first-order valence-corrected chi connectivity index (χ1v) is 12.2. The Bertz CT molecular complexity index is 1360. The van der Waals surface area contributed by atoms with E-state index in [4.69, 9.17) is 0 Å². The number of nitrogens with zero attached hydrogens (tertiary/aromatic N) is 1. The molecule has 0 saturated carbocycles. The van der Waals surface area contributed by atoms with Gasteiger partial charge in [-0.2, -0.15) is 0 Å². The number of aryl methyl sites for hydroxylation is 3. The number of aromatic amines is 1. The minimum atomic E-state index is -3.70. The molecular weight excluding hydrogens is 436 g/mol. The first kappa shape index (κ1) is 22.5. The van der Waals surface area contributed by atoms with Crippen molar-refractivity contribution in [2.45, 2.75) is 31.6 Å². The third-order valence-corrected chi connectivity index (χ3v) is 6.88. The number of sulfonamides is 1. The summed E-state index contributed by atoms with van der Waals surface area (Å²) in [4.78, 5) is 20.4. The Labute approximate surface area is 193 Å². The number of hydrogen-bond donors (Lipinski definition) is 3. The lowest BCUT2D eigenvalue weighted by Gasteiger charge is -2.10. The highest BCUT2D eigenvalue weighted by Crippen LogP contribution is 2.19. The van der Waals surface area contributed by atoms with Crippen molar-refractivity contribution in [3.05, 3.63) is 89.2 Å². The monoisotopic (exact) mass is 462 g/mol. The highest BCUT2D eigenvalue weighted by Gasteiger charge is 2.15. The number of amides is 1. The minimum absolute atomic E-state index is 0.205. The molecule has 4 rings (SSSR count). The van der Waals surface area contributed by atoms with Crippen molar-refractivity contribution in [1.29, 1.82) is 0 Å². The van der Waals surface area contributed by atoms with Crippen molar-refractivity contribution in [2.24, 2.45) is 0 Å². The van der Waals surface area contributed by atoms with E-state index in [1.165, 1.54) is 0 Å². The van der Waals surface area contributed by atoms with Crippen LogP contribution in [0.3, 0.4) is 0 Å². The highest BCUT2D eigenvalue weighted by atomic mass is 32.2. The number of anilines is 1. The van der Waals surface area contributed by atoms with Crippen LogP contribution in [0.2, 0.25) is 0 Å². The first-order chi connectivity index (χ1) is 15.8. The van der Waals surface area contributed by atoms with E-state index in [0.717, 1.165) is 40.8 Å². The van der Waals surface area contributed by atoms with E-state index in [0.29, 0.717) is 17.8 Å². The highest BCUT2D eigenvalue weighted by molar-refractivity contribution is 7.92. The van der Waals surface area contributed by atoms with Crippen molar-refractivity contribution in [3.8, 4) is 0 Å². The van der Waals surface area contributed by atoms with E-state index >= 15 is 0 Å². The molecule has 0 bridgehead atoms. The lowest BCUT2D eigenvalue weighted by molar-refractivity contribution is 0.0953. The van der Waals surface area contributed by atoms with Gasteiger partial charge in [-0.15, -0.1) is 0 Å². The summed E-state index contributed by atoms with van der Waals surface area (Å²) in [6.07, 6.45) is 1.48. The summed E-state index contributed by atoms with van der Waals surface area (Å²) in [5.41, 5.74) is 4.74. The SMILES string of the molecule is Cc1ccc(S(=O)(=O)Nc2ccc(C(=O)NCCCc3nc4ccccc4[nH]3)cc2)cc1C. The van der Waals surface area contributed by atoms with E-state index < -0.39 is 10.0 Å². The number of fused-ring (bicyclic) bond motifs is 1. The Hall–Kier alpha value is -3.65. The Morgan fingerprint density at radius 2 is 1.73 bits per heavy atom. The minimum Gasteiger partial charge on any atom is -0.352 e. The zero-order chi connectivity index (χ0) is 23.4. The summed E-state index contributed by atoms with van der Waals surface area (Å²) in [6, 6.07) is 19.2. The van der Waals surface area contributed by atoms with E-state index in [1.54, 1.807) is 42.5 Å². The number of carbonyl (C=O) groups excluding carboxylic acids is 1. The van der Waals surface area contributed by atoms with Gasteiger partial charge in [0.25, 0.3) is 15.9 Å². The zero-order valence-corrected chi connectivity index (χ0v) is 19.4. The van der Waals surface area contributed by atoms with Gasteiger partial charge in [0.15, 0.2) is 0 Å². The number of para-hydroxylation sites is 2. The van der Waals surface area contributed by atoms with Gasteiger partial charge in [0, 0.05) is 24.2 Å². The number of rotatable bonds is 8. The molecule has 0 aliphatic carbocycles. The van der Waals surface area contributed by atoms with E-state index in [2.05, 4.69) is 20.0 Å². The maximum atomic E-state index is 12.6. The maximum Gasteiger partial charge on any atom is 0.261 e. The Balaban J connectivity index is 1.29. The molecule has 7 nitrogen and oxygen atoms in total. The predicted molar refractivity (Wildman–Crippen MR) is 130 cm³/mol. The van der Waals surface area contributed by atoms with Crippen LogP contribution in [0.5, 0.6) is 0 Å². The van der Waals surface area contributed by atoms with Crippen molar-refractivity contribution in [1.82, 2.24) is 15.3 Å². The molecule has 0 aliphatic rings. The molecule has 3 N–H and O–H groups in total. The van der Waals surface area contributed by atoms with Crippen LogP contribution in [0.4, 0.5) is 5.69 Å². The first-order valence-electron chi connectivity index (χ1n) is 10.7. The number of carbonyl (C=O) groups is 1. The number of nitrogens with one attached hydrogen (secondary N) is 3. The lowest BCUT2D eigenvalue weighted by Crippen LogP contribution is -2.24. The second-order valence-electron chi connectivity index (χ2n) is 7.99. The molecule has 0 aliphatic heterocycles. The fourth-order valence-electron chi connectivity index (χ4n) is 3.47. The summed E-state index contributed by atoms with van der Waals surface area (Å²) in [7, 11) is -3.70. The number of hydrogen-bond acceptors (Lipinski definition) is 4. The van der Waals surface area contributed by atoms with Crippen LogP contribution in [0.25, 0.3) is 11.0 Å². The molecule has 170 valence electrons. The largest absolute Gasteiger partial charge is 0.352 e. The molecule has 0 saturated heterocycles. The molecule has 0 fully saturated rings. The van der Waals surface area contributed by atoms with Crippen molar-refractivity contribution < 1.29 is 13.2 Å². The number of imidazole rings is 1.